The van der Waals surface area contributed by atoms with Gasteiger partial charge in [0.25, 0.3) is 0 Å². The van der Waals surface area contributed by atoms with Crippen LogP contribution in [0.2, 0.25) is 0 Å². The summed E-state index contributed by atoms with van der Waals surface area (Å²) in [6.07, 6.45) is 4.59. The monoisotopic (exact) mass is 386 g/mol. The van der Waals surface area contributed by atoms with Gasteiger partial charge < -0.3 is 9.84 Å². The number of aromatic hydroxyl groups is 1. The molecule has 6 nitrogen and oxygen atoms in total. The van der Waals surface area contributed by atoms with Gasteiger partial charge >= 0.3 is 0 Å². The Kier molecular flexibility index (Phi) is 4.93. The van der Waals surface area contributed by atoms with Crippen LogP contribution in [-0.4, -0.2) is 37.4 Å². The van der Waals surface area contributed by atoms with Gasteiger partial charge in [-0.15, -0.1) is 10.2 Å². The summed E-state index contributed by atoms with van der Waals surface area (Å²) >= 11 is 0. The lowest BCUT2D eigenvalue weighted by molar-refractivity contribution is 0.0594. The van der Waals surface area contributed by atoms with Crippen molar-refractivity contribution < 1.29 is 18.6 Å². The molecule has 8 heteroatoms. The minimum Gasteiger partial charge on any atom is -0.504 e. The Labute approximate surface area is 160 Å². The molecule has 1 aliphatic rings. The summed E-state index contributed by atoms with van der Waals surface area (Å²) in [5.74, 6) is -1.05. The summed E-state index contributed by atoms with van der Waals surface area (Å²) in [6, 6.07) is 6.25. The molecule has 146 valence electrons. The summed E-state index contributed by atoms with van der Waals surface area (Å²) in [5, 5.41) is 22.3. The normalized spacial score (nSPS) is 19.5. The van der Waals surface area contributed by atoms with Gasteiger partial charge in [-0.1, -0.05) is 12.5 Å². The third-order valence-corrected chi connectivity index (χ3v) is 4.94. The van der Waals surface area contributed by atoms with E-state index in [1.165, 1.54) is 6.20 Å². The predicted molar refractivity (Wildman–Crippen MR) is 99.1 cm³/mol. The van der Waals surface area contributed by atoms with Crippen LogP contribution in [0.4, 0.5) is 8.78 Å². The van der Waals surface area contributed by atoms with Crippen molar-refractivity contribution in [2.75, 3.05) is 0 Å². The number of aromatic nitrogens is 4. The predicted octanol–water partition coefficient (Wildman–Crippen LogP) is 4.05. The van der Waals surface area contributed by atoms with Crippen LogP contribution in [0.1, 0.15) is 25.7 Å². The van der Waals surface area contributed by atoms with Crippen molar-refractivity contribution in [3.8, 4) is 34.0 Å². The van der Waals surface area contributed by atoms with E-state index >= 15 is 0 Å². The highest BCUT2D eigenvalue weighted by molar-refractivity contribution is 5.74. The Balaban J connectivity index is 1.56. The van der Waals surface area contributed by atoms with Crippen LogP contribution < -0.4 is 4.74 Å². The number of nitrogens with zero attached hydrogens (tertiary/aromatic N) is 4. The summed E-state index contributed by atoms with van der Waals surface area (Å²) in [5.41, 5.74) is 1.31. The topological polar surface area (TPSA) is 73.1 Å². The SMILES string of the molecule is Cn1cc(-c2ccc(-c3ccc(O[C@H]4CCCC[C@H]4F)nn3)c(O)c2F)cn1. The van der Waals surface area contributed by atoms with E-state index in [0.29, 0.717) is 24.1 Å². The fourth-order valence-corrected chi connectivity index (χ4v) is 3.42. The first-order valence-electron chi connectivity index (χ1n) is 9.18. The molecule has 1 aromatic carbocycles. The van der Waals surface area contributed by atoms with E-state index in [-0.39, 0.29) is 17.0 Å². The van der Waals surface area contributed by atoms with Crippen molar-refractivity contribution >= 4 is 0 Å². The zero-order chi connectivity index (χ0) is 19.7. The Hall–Kier alpha value is -3.03. The Morgan fingerprint density at radius 2 is 1.89 bits per heavy atom. The Morgan fingerprint density at radius 1 is 1.11 bits per heavy atom. The summed E-state index contributed by atoms with van der Waals surface area (Å²) < 4.78 is 35.7. The number of hydrogen-bond donors (Lipinski definition) is 1. The molecule has 3 aromatic rings. The minimum atomic E-state index is -1.01. The van der Waals surface area contributed by atoms with Gasteiger partial charge in [0, 0.05) is 36.0 Å². The number of aryl methyl sites for hydroxylation is 1. The van der Waals surface area contributed by atoms with Crippen molar-refractivity contribution in [2.45, 2.75) is 38.0 Å². The molecule has 0 spiro atoms. The number of phenolic OH excluding ortho intramolecular Hbond substituents is 1. The van der Waals surface area contributed by atoms with Gasteiger partial charge in [0.2, 0.25) is 5.88 Å². The molecule has 0 bridgehead atoms. The zero-order valence-electron chi connectivity index (χ0n) is 15.3. The van der Waals surface area contributed by atoms with E-state index < -0.39 is 23.8 Å². The molecule has 2 heterocycles. The first-order chi connectivity index (χ1) is 13.5. The molecule has 0 unspecified atom stereocenters. The quantitative estimate of drug-likeness (QED) is 0.732. The van der Waals surface area contributed by atoms with Gasteiger partial charge in [0.1, 0.15) is 12.3 Å². The third-order valence-electron chi connectivity index (χ3n) is 4.94. The Bertz CT molecular complexity index is 975. The van der Waals surface area contributed by atoms with E-state index in [0.717, 1.165) is 12.8 Å². The average molecular weight is 386 g/mol. The number of ether oxygens (including phenoxy) is 1. The van der Waals surface area contributed by atoms with Gasteiger partial charge in [0.15, 0.2) is 11.6 Å². The van der Waals surface area contributed by atoms with Crippen LogP contribution in [-0.2, 0) is 7.05 Å². The maximum absolute atomic E-state index is 14.7. The minimum absolute atomic E-state index is 0.213. The second-order valence-electron chi connectivity index (χ2n) is 6.94. The first kappa shape index (κ1) is 18.3. The molecule has 1 N–H and O–H groups in total. The van der Waals surface area contributed by atoms with Crippen LogP contribution in [0.5, 0.6) is 11.6 Å². The second kappa shape index (κ2) is 7.53. The largest absolute Gasteiger partial charge is 0.504 e. The van der Waals surface area contributed by atoms with Crippen molar-refractivity contribution in [2.24, 2.45) is 7.05 Å². The molecular weight excluding hydrogens is 366 g/mol. The van der Waals surface area contributed by atoms with Gasteiger partial charge in [-0.05, 0) is 31.4 Å². The van der Waals surface area contributed by atoms with Gasteiger partial charge in [-0.2, -0.15) is 5.10 Å². The highest BCUT2D eigenvalue weighted by atomic mass is 19.1. The number of alkyl halides is 1. The molecule has 28 heavy (non-hydrogen) atoms. The third kappa shape index (κ3) is 3.54. The fraction of sp³-hybridized carbons (Fsp3) is 0.350. The second-order valence-corrected chi connectivity index (χ2v) is 6.94. The summed E-state index contributed by atoms with van der Waals surface area (Å²) in [7, 11) is 1.73. The maximum atomic E-state index is 14.7. The molecule has 1 saturated carbocycles. The molecular formula is C20H20F2N4O2. The average Bonchev–Trinajstić information content (AvgIpc) is 3.12. The number of halogens is 2. The maximum Gasteiger partial charge on any atom is 0.233 e. The van der Waals surface area contributed by atoms with Gasteiger partial charge in [-0.25, -0.2) is 8.78 Å². The van der Waals surface area contributed by atoms with Crippen LogP contribution in [0.15, 0.2) is 36.7 Å². The molecule has 0 radical (unpaired) electrons. The molecule has 1 fully saturated rings. The van der Waals surface area contributed by atoms with E-state index in [9.17, 15) is 13.9 Å². The van der Waals surface area contributed by atoms with Gasteiger partial charge in [0.05, 0.1) is 11.9 Å². The first-order valence-corrected chi connectivity index (χ1v) is 9.18. The van der Waals surface area contributed by atoms with Crippen molar-refractivity contribution in [3.63, 3.8) is 0 Å². The summed E-state index contributed by atoms with van der Waals surface area (Å²) in [4.78, 5) is 0. The number of benzene rings is 1. The number of phenols is 1. The lowest BCUT2D eigenvalue weighted by Crippen LogP contribution is -2.32. The van der Waals surface area contributed by atoms with E-state index in [1.807, 2.05) is 0 Å². The van der Waals surface area contributed by atoms with Gasteiger partial charge in [-0.3, -0.25) is 4.68 Å². The van der Waals surface area contributed by atoms with Crippen molar-refractivity contribution in [1.29, 1.82) is 0 Å². The standard InChI is InChI=1S/C20H20F2N4O2/c1-26-11-12(10-23-26)13-6-7-14(20(27)19(13)22)16-8-9-18(25-24-16)28-17-5-3-2-4-15(17)21/h6-11,15,17,27H,2-5H2,1H3/t15-,17+/m1/s1. The fourth-order valence-electron chi connectivity index (χ4n) is 3.42. The van der Waals surface area contributed by atoms with Crippen LogP contribution in [0.25, 0.3) is 22.4 Å². The lowest BCUT2D eigenvalue weighted by atomic mass is 9.96. The van der Waals surface area contributed by atoms with Crippen LogP contribution >= 0.6 is 0 Å². The molecule has 0 saturated heterocycles. The molecule has 2 aromatic heterocycles. The molecule has 0 aliphatic heterocycles. The highest BCUT2D eigenvalue weighted by Crippen LogP contribution is 2.36. The summed E-state index contributed by atoms with van der Waals surface area (Å²) in [6.45, 7) is 0. The molecule has 4 rings (SSSR count). The van der Waals surface area contributed by atoms with Crippen LogP contribution in [0.3, 0.4) is 0 Å². The smallest absolute Gasteiger partial charge is 0.233 e. The highest BCUT2D eigenvalue weighted by Gasteiger charge is 2.27. The Morgan fingerprint density at radius 3 is 2.57 bits per heavy atom. The number of hydrogen-bond acceptors (Lipinski definition) is 5. The zero-order valence-corrected chi connectivity index (χ0v) is 15.3. The molecule has 2 atom stereocenters. The van der Waals surface area contributed by atoms with Crippen molar-refractivity contribution in [3.05, 3.63) is 42.5 Å². The van der Waals surface area contributed by atoms with Crippen molar-refractivity contribution in [1.82, 2.24) is 20.0 Å². The molecule has 1 aliphatic carbocycles. The van der Waals surface area contributed by atoms with E-state index in [1.54, 1.807) is 42.2 Å². The van der Waals surface area contributed by atoms with E-state index in [4.69, 9.17) is 4.74 Å². The molecule has 0 amide bonds. The van der Waals surface area contributed by atoms with E-state index in [2.05, 4.69) is 15.3 Å². The van der Waals surface area contributed by atoms with Crippen LogP contribution in [0, 0.1) is 5.82 Å². The lowest BCUT2D eigenvalue weighted by Gasteiger charge is -2.25. The number of rotatable bonds is 4.